The summed E-state index contributed by atoms with van der Waals surface area (Å²) in [5.41, 5.74) is 3.63. The number of aliphatic hydroxyl groups is 1. The molecule has 0 aliphatic rings. The number of rotatable bonds is 10. The van der Waals surface area contributed by atoms with Crippen LogP contribution in [0.4, 0.5) is 5.82 Å². The Bertz CT molecular complexity index is 1470. The first-order valence-electron chi connectivity index (χ1n) is 12.3. The maximum Gasteiger partial charge on any atom is 0.294 e. The largest absolute Gasteiger partial charge is 0.494 e. The molecule has 2 aromatic carbocycles. The van der Waals surface area contributed by atoms with E-state index in [1.807, 2.05) is 37.3 Å². The zero-order chi connectivity index (χ0) is 27.1. The fraction of sp³-hybridized carbons (Fsp3) is 0.276. The van der Waals surface area contributed by atoms with Crippen LogP contribution in [0.2, 0.25) is 0 Å². The van der Waals surface area contributed by atoms with E-state index in [9.17, 15) is 9.90 Å². The lowest BCUT2D eigenvalue weighted by Crippen LogP contribution is -2.19. The lowest BCUT2D eigenvalue weighted by Gasteiger charge is -2.17. The molecule has 0 aliphatic heterocycles. The van der Waals surface area contributed by atoms with Gasteiger partial charge in [0.15, 0.2) is 0 Å². The molecule has 4 rings (SSSR count). The number of aromatic nitrogens is 4. The molecule has 0 saturated carbocycles. The number of aromatic amines is 1. The van der Waals surface area contributed by atoms with Gasteiger partial charge < -0.3 is 20.1 Å². The molecule has 0 bridgehead atoms. The molecule has 9 nitrogen and oxygen atoms in total. The number of amides is 1. The van der Waals surface area contributed by atoms with Crippen LogP contribution in [0.3, 0.4) is 0 Å². The van der Waals surface area contributed by atoms with Crippen molar-refractivity contribution in [2.24, 2.45) is 0 Å². The summed E-state index contributed by atoms with van der Waals surface area (Å²) in [5.74, 6) is 1.24. The van der Waals surface area contributed by atoms with Gasteiger partial charge in [-0.1, -0.05) is 18.2 Å². The molecule has 0 fully saturated rings. The minimum atomic E-state index is -0.711. The van der Waals surface area contributed by atoms with Gasteiger partial charge in [-0.3, -0.25) is 4.79 Å². The number of ether oxygens (including phenoxy) is 1. The van der Waals surface area contributed by atoms with Crippen LogP contribution in [0.1, 0.15) is 59.8 Å². The summed E-state index contributed by atoms with van der Waals surface area (Å²) in [5, 5.41) is 29.7. The van der Waals surface area contributed by atoms with E-state index in [-0.39, 0.29) is 5.82 Å². The Labute approximate surface area is 221 Å². The van der Waals surface area contributed by atoms with Crippen molar-refractivity contribution < 1.29 is 14.6 Å². The minimum Gasteiger partial charge on any atom is -0.494 e. The van der Waals surface area contributed by atoms with Crippen LogP contribution >= 0.6 is 0 Å². The number of aryl methyl sites for hydroxylation is 1. The van der Waals surface area contributed by atoms with E-state index in [0.717, 1.165) is 34.4 Å². The summed E-state index contributed by atoms with van der Waals surface area (Å²) in [7, 11) is 0. The topological polar surface area (TPSA) is 137 Å². The van der Waals surface area contributed by atoms with E-state index in [2.05, 4.69) is 31.6 Å². The Morgan fingerprint density at radius 2 is 2.00 bits per heavy atom. The second-order valence-corrected chi connectivity index (χ2v) is 9.73. The number of nitrogens with zero attached hydrogens (tertiary/aromatic N) is 4. The molecule has 2 aromatic heterocycles. The molecule has 9 heteroatoms. The molecule has 38 heavy (non-hydrogen) atoms. The normalized spacial score (nSPS) is 11.1. The predicted octanol–water partition coefficient (Wildman–Crippen LogP) is 4.82. The van der Waals surface area contributed by atoms with Crippen molar-refractivity contribution in [2.75, 3.05) is 11.9 Å². The number of pyridine rings is 1. The van der Waals surface area contributed by atoms with Gasteiger partial charge in [0.1, 0.15) is 17.4 Å². The van der Waals surface area contributed by atoms with E-state index in [1.54, 1.807) is 44.3 Å². The van der Waals surface area contributed by atoms with Crippen molar-refractivity contribution >= 4 is 11.7 Å². The number of hydrogen-bond donors (Lipinski definition) is 3. The van der Waals surface area contributed by atoms with E-state index >= 15 is 0 Å². The number of benzene rings is 2. The van der Waals surface area contributed by atoms with Gasteiger partial charge in [0.05, 0.1) is 23.8 Å². The summed E-state index contributed by atoms with van der Waals surface area (Å²) in [6.07, 6.45) is 3.45. The highest BCUT2D eigenvalue weighted by Crippen LogP contribution is 2.29. The quantitative estimate of drug-likeness (QED) is 0.260. The number of nitriles is 1. The molecular weight excluding hydrogens is 480 g/mol. The minimum absolute atomic E-state index is 0.0706. The SMILES string of the molecule is Cc1ccc(OCCCC(C)(C)O)cc1-c1ccnc(NC(=O)c2nnc(Cc3cccc(C#N)c3)[nH]2)c1. The highest BCUT2D eigenvalue weighted by Gasteiger charge is 2.15. The summed E-state index contributed by atoms with van der Waals surface area (Å²) in [4.78, 5) is 20.0. The Hall–Kier alpha value is -4.55. The number of anilines is 1. The first kappa shape index (κ1) is 26.5. The molecule has 0 unspecified atom stereocenters. The summed E-state index contributed by atoms with van der Waals surface area (Å²) in [6, 6.07) is 18.8. The van der Waals surface area contributed by atoms with Gasteiger partial charge in [0.25, 0.3) is 5.91 Å². The molecule has 2 heterocycles. The van der Waals surface area contributed by atoms with Crippen LogP contribution in [-0.4, -0.2) is 43.4 Å². The second-order valence-electron chi connectivity index (χ2n) is 9.73. The van der Waals surface area contributed by atoms with Crippen molar-refractivity contribution in [2.45, 2.75) is 45.6 Å². The third kappa shape index (κ3) is 7.24. The highest BCUT2D eigenvalue weighted by molar-refractivity contribution is 6.01. The average Bonchev–Trinajstić information content (AvgIpc) is 3.36. The van der Waals surface area contributed by atoms with E-state index in [4.69, 9.17) is 10.00 Å². The molecule has 194 valence electrons. The molecule has 0 atom stereocenters. The molecule has 0 spiro atoms. The zero-order valence-electron chi connectivity index (χ0n) is 21.7. The molecule has 0 aliphatic carbocycles. The Morgan fingerprint density at radius 1 is 1.16 bits per heavy atom. The molecular formula is C29H30N6O3. The van der Waals surface area contributed by atoms with E-state index < -0.39 is 11.5 Å². The Morgan fingerprint density at radius 3 is 2.79 bits per heavy atom. The first-order valence-corrected chi connectivity index (χ1v) is 12.3. The van der Waals surface area contributed by atoms with Crippen LogP contribution in [0.25, 0.3) is 11.1 Å². The van der Waals surface area contributed by atoms with E-state index in [1.165, 1.54) is 0 Å². The van der Waals surface area contributed by atoms with Crippen molar-refractivity contribution in [3.05, 3.63) is 89.1 Å². The van der Waals surface area contributed by atoms with Crippen molar-refractivity contribution in [3.8, 4) is 22.9 Å². The van der Waals surface area contributed by atoms with Gasteiger partial charge in [0.2, 0.25) is 5.82 Å². The molecule has 0 saturated heterocycles. The fourth-order valence-corrected chi connectivity index (χ4v) is 3.96. The molecule has 4 aromatic rings. The monoisotopic (exact) mass is 510 g/mol. The third-order valence-corrected chi connectivity index (χ3v) is 5.90. The van der Waals surface area contributed by atoms with Crippen molar-refractivity contribution in [3.63, 3.8) is 0 Å². The third-order valence-electron chi connectivity index (χ3n) is 5.90. The Kier molecular flexibility index (Phi) is 8.14. The van der Waals surface area contributed by atoms with Gasteiger partial charge in [-0.05, 0) is 92.3 Å². The number of hydrogen-bond acceptors (Lipinski definition) is 7. The van der Waals surface area contributed by atoms with Gasteiger partial charge in [-0.2, -0.15) is 5.26 Å². The Balaban J connectivity index is 1.42. The van der Waals surface area contributed by atoms with Crippen LogP contribution < -0.4 is 10.1 Å². The van der Waals surface area contributed by atoms with Crippen molar-refractivity contribution in [1.82, 2.24) is 20.2 Å². The second kappa shape index (κ2) is 11.7. The summed E-state index contributed by atoms with van der Waals surface area (Å²) >= 11 is 0. The van der Waals surface area contributed by atoms with Gasteiger partial charge in [0, 0.05) is 12.6 Å². The zero-order valence-corrected chi connectivity index (χ0v) is 21.7. The summed E-state index contributed by atoms with van der Waals surface area (Å²) in [6.45, 7) is 6.09. The molecule has 3 N–H and O–H groups in total. The van der Waals surface area contributed by atoms with Crippen LogP contribution in [0, 0.1) is 18.3 Å². The maximum absolute atomic E-state index is 12.8. The van der Waals surface area contributed by atoms with Crippen LogP contribution in [0.15, 0.2) is 60.8 Å². The number of carbonyl (C=O) groups is 1. The smallest absolute Gasteiger partial charge is 0.294 e. The number of H-pyrrole nitrogens is 1. The number of carbonyl (C=O) groups excluding carboxylic acids is 1. The summed E-state index contributed by atoms with van der Waals surface area (Å²) < 4.78 is 5.90. The fourth-order valence-electron chi connectivity index (χ4n) is 3.96. The number of nitrogens with one attached hydrogen (secondary N) is 2. The van der Waals surface area contributed by atoms with E-state index in [0.29, 0.717) is 36.7 Å². The molecule has 0 radical (unpaired) electrons. The van der Waals surface area contributed by atoms with Crippen LogP contribution in [0.5, 0.6) is 5.75 Å². The van der Waals surface area contributed by atoms with Gasteiger partial charge in [-0.15, -0.1) is 10.2 Å². The predicted molar refractivity (Wildman–Crippen MR) is 144 cm³/mol. The van der Waals surface area contributed by atoms with Crippen molar-refractivity contribution in [1.29, 1.82) is 5.26 Å². The standard InChI is InChI=1S/C29H30N6O3/c1-19-8-9-23(38-13-5-11-29(2,3)37)17-24(19)22-10-12-31-25(16-22)33-28(36)27-32-26(34-35-27)15-20-6-4-7-21(14-20)18-30/h4,6-10,12,14,16-17,37H,5,11,13,15H2,1-3H3,(H,31,33,36)(H,32,34,35). The lowest BCUT2D eigenvalue weighted by atomic mass is 10.0. The molecule has 1 amide bonds. The van der Waals surface area contributed by atoms with Gasteiger partial charge in [-0.25, -0.2) is 4.98 Å². The first-order chi connectivity index (χ1) is 18.2. The lowest BCUT2D eigenvalue weighted by molar-refractivity contribution is 0.0641. The van der Waals surface area contributed by atoms with Gasteiger partial charge >= 0.3 is 0 Å². The average molecular weight is 511 g/mol. The van der Waals surface area contributed by atoms with Crippen LogP contribution in [-0.2, 0) is 6.42 Å². The highest BCUT2D eigenvalue weighted by atomic mass is 16.5. The maximum atomic E-state index is 12.8.